The molecule has 0 amide bonds. The van der Waals surface area contributed by atoms with Crippen molar-refractivity contribution >= 4 is 23.4 Å². The number of hydrogen-bond donors (Lipinski definition) is 2. The van der Waals surface area contributed by atoms with Gasteiger partial charge in [-0.2, -0.15) is 11.8 Å². The predicted molar refractivity (Wildman–Crippen MR) is 93.5 cm³/mol. The molecule has 2 rings (SSSR count). The predicted octanol–water partition coefficient (Wildman–Crippen LogP) is 4.00. The molecule has 4 nitrogen and oxygen atoms in total. The Kier molecular flexibility index (Phi) is 6.15. The van der Waals surface area contributed by atoms with Crippen LogP contribution in [0.1, 0.15) is 50.4 Å². The number of hydrogen-bond acceptors (Lipinski definition) is 5. The molecule has 0 spiro atoms. The Bertz CT molecular complexity index is 456. The van der Waals surface area contributed by atoms with Gasteiger partial charge in [0.2, 0.25) is 0 Å². The Labute approximate surface area is 132 Å². The Hall–Kier alpha value is -0.970. The molecule has 0 radical (unpaired) electrons. The molecule has 0 unspecified atom stereocenters. The Morgan fingerprint density at radius 3 is 2.38 bits per heavy atom. The van der Waals surface area contributed by atoms with Crippen LogP contribution in [-0.2, 0) is 0 Å². The van der Waals surface area contributed by atoms with Gasteiger partial charge in [0.15, 0.2) is 0 Å². The summed E-state index contributed by atoms with van der Waals surface area (Å²) in [4.78, 5) is 9.13. The number of nitrogens with one attached hydrogen (secondary N) is 2. The van der Waals surface area contributed by atoms with Crippen LogP contribution in [0, 0.1) is 13.8 Å². The minimum atomic E-state index is 0.556. The van der Waals surface area contributed by atoms with Crippen molar-refractivity contribution in [3.63, 3.8) is 0 Å². The summed E-state index contributed by atoms with van der Waals surface area (Å²) in [6.07, 6.45) is 8.43. The first-order valence-corrected chi connectivity index (χ1v) is 9.31. The number of aromatic nitrogens is 2. The Morgan fingerprint density at radius 1 is 1.10 bits per heavy atom. The molecule has 1 aromatic heterocycles. The van der Waals surface area contributed by atoms with Crippen LogP contribution >= 0.6 is 11.8 Å². The summed E-state index contributed by atoms with van der Waals surface area (Å²) in [6.45, 7) is 7.19. The maximum absolute atomic E-state index is 4.61. The van der Waals surface area contributed by atoms with E-state index in [0.717, 1.165) is 41.2 Å². The third-order valence-electron chi connectivity index (χ3n) is 4.15. The summed E-state index contributed by atoms with van der Waals surface area (Å²) in [5, 5.41) is 7.90. The summed E-state index contributed by atoms with van der Waals surface area (Å²) in [5.74, 6) is 2.82. The average Bonchev–Trinajstić information content (AvgIpc) is 2.50. The van der Waals surface area contributed by atoms with Gasteiger partial charge < -0.3 is 10.6 Å². The van der Waals surface area contributed by atoms with E-state index in [1.54, 1.807) is 0 Å². The quantitative estimate of drug-likeness (QED) is 0.832. The van der Waals surface area contributed by atoms with Gasteiger partial charge in [0.05, 0.1) is 0 Å². The minimum absolute atomic E-state index is 0.556. The summed E-state index contributed by atoms with van der Waals surface area (Å²) in [5.41, 5.74) is 1.14. The number of anilines is 2. The maximum atomic E-state index is 4.61. The van der Waals surface area contributed by atoms with Gasteiger partial charge in [0.25, 0.3) is 0 Å². The van der Waals surface area contributed by atoms with Crippen molar-refractivity contribution in [2.24, 2.45) is 0 Å². The van der Waals surface area contributed by atoms with Gasteiger partial charge in [-0.05, 0) is 52.2 Å². The second-order valence-electron chi connectivity index (χ2n) is 5.87. The standard InChI is InChI=1S/C16H28N4S/c1-5-10-17-15-11(2)16(19-12(3)18-15)20-13-6-8-14(21-4)9-7-13/h13-14H,5-10H2,1-4H3,(H2,17,18,19,20). The fourth-order valence-corrected chi connectivity index (χ4v) is 3.56. The van der Waals surface area contributed by atoms with E-state index in [2.05, 4.69) is 40.7 Å². The van der Waals surface area contributed by atoms with Gasteiger partial charge in [0, 0.05) is 23.4 Å². The third kappa shape index (κ3) is 4.50. The van der Waals surface area contributed by atoms with E-state index >= 15 is 0 Å². The lowest BCUT2D eigenvalue weighted by Crippen LogP contribution is -2.28. The highest BCUT2D eigenvalue weighted by molar-refractivity contribution is 7.99. The van der Waals surface area contributed by atoms with E-state index in [1.165, 1.54) is 25.7 Å². The Morgan fingerprint density at radius 2 is 1.76 bits per heavy atom. The summed E-state index contributed by atoms with van der Waals surface area (Å²) < 4.78 is 0. The van der Waals surface area contributed by atoms with Crippen molar-refractivity contribution in [1.29, 1.82) is 0 Å². The molecule has 0 aromatic carbocycles. The average molecular weight is 308 g/mol. The van der Waals surface area contributed by atoms with Crippen LogP contribution in [0.5, 0.6) is 0 Å². The highest BCUT2D eigenvalue weighted by Gasteiger charge is 2.21. The van der Waals surface area contributed by atoms with Gasteiger partial charge in [0.1, 0.15) is 17.5 Å². The fourth-order valence-electron chi connectivity index (χ4n) is 2.82. The molecule has 118 valence electrons. The lowest BCUT2D eigenvalue weighted by Gasteiger charge is -2.29. The lowest BCUT2D eigenvalue weighted by molar-refractivity contribution is 0.472. The lowest BCUT2D eigenvalue weighted by atomic mass is 9.95. The van der Waals surface area contributed by atoms with Gasteiger partial charge in [-0.1, -0.05) is 6.92 Å². The van der Waals surface area contributed by atoms with Gasteiger partial charge in [-0.15, -0.1) is 0 Å². The van der Waals surface area contributed by atoms with E-state index in [0.29, 0.717) is 6.04 Å². The molecule has 2 N–H and O–H groups in total. The third-order valence-corrected chi connectivity index (χ3v) is 5.29. The van der Waals surface area contributed by atoms with Crippen molar-refractivity contribution < 1.29 is 0 Å². The largest absolute Gasteiger partial charge is 0.370 e. The van der Waals surface area contributed by atoms with Crippen LogP contribution in [0.15, 0.2) is 0 Å². The number of rotatable bonds is 6. The van der Waals surface area contributed by atoms with E-state index in [4.69, 9.17) is 0 Å². The number of aryl methyl sites for hydroxylation is 1. The first-order chi connectivity index (χ1) is 10.1. The van der Waals surface area contributed by atoms with Crippen LogP contribution in [-0.4, -0.2) is 34.1 Å². The van der Waals surface area contributed by atoms with E-state index in [1.807, 2.05) is 18.7 Å². The molecule has 1 heterocycles. The van der Waals surface area contributed by atoms with E-state index in [-0.39, 0.29) is 0 Å². The molecular formula is C16H28N4S. The second kappa shape index (κ2) is 7.87. The zero-order valence-corrected chi connectivity index (χ0v) is 14.5. The molecular weight excluding hydrogens is 280 g/mol. The highest BCUT2D eigenvalue weighted by atomic mass is 32.2. The van der Waals surface area contributed by atoms with Crippen molar-refractivity contribution in [2.45, 2.75) is 64.2 Å². The second-order valence-corrected chi connectivity index (χ2v) is 7.01. The molecule has 0 bridgehead atoms. The molecule has 0 atom stereocenters. The van der Waals surface area contributed by atoms with Crippen LogP contribution in [0.2, 0.25) is 0 Å². The first-order valence-electron chi connectivity index (χ1n) is 8.02. The van der Waals surface area contributed by atoms with Crippen LogP contribution in [0.4, 0.5) is 11.6 Å². The topological polar surface area (TPSA) is 49.8 Å². The zero-order chi connectivity index (χ0) is 15.2. The molecule has 5 heteroatoms. The molecule has 21 heavy (non-hydrogen) atoms. The molecule has 1 saturated carbocycles. The first kappa shape index (κ1) is 16.4. The fraction of sp³-hybridized carbons (Fsp3) is 0.750. The van der Waals surface area contributed by atoms with Crippen molar-refractivity contribution in [3.05, 3.63) is 11.4 Å². The molecule has 1 aliphatic carbocycles. The van der Waals surface area contributed by atoms with E-state index < -0.39 is 0 Å². The molecule has 1 aromatic rings. The Balaban J connectivity index is 2.04. The summed E-state index contributed by atoms with van der Waals surface area (Å²) in [7, 11) is 0. The van der Waals surface area contributed by atoms with E-state index in [9.17, 15) is 0 Å². The number of nitrogens with zero attached hydrogens (tertiary/aromatic N) is 2. The van der Waals surface area contributed by atoms with Crippen LogP contribution in [0.25, 0.3) is 0 Å². The van der Waals surface area contributed by atoms with Crippen LogP contribution in [0.3, 0.4) is 0 Å². The minimum Gasteiger partial charge on any atom is -0.370 e. The summed E-state index contributed by atoms with van der Waals surface area (Å²) >= 11 is 2.01. The maximum Gasteiger partial charge on any atom is 0.134 e. The molecule has 0 aliphatic heterocycles. The number of thioether (sulfide) groups is 1. The molecule has 0 saturated heterocycles. The summed E-state index contributed by atoms with van der Waals surface area (Å²) in [6, 6.07) is 0.556. The van der Waals surface area contributed by atoms with Crippen molar-refractivity contribution in [3.8, 4) is 0 Å². The monoisotopic (exact) mass is 308 g/mol. The van der Waals surface area contributed by atoms with Crippen molar-refractivity contribution in [2.75, 3.05) is 23.4 Å². The highest BCUT2D eigenvalue weighted by Crippen LogP contribution is 2.29. The molecule has 1 fully saturated rings. The normalized spacial score (nSPS) is 22.1. The van der Waals surface area contributed by atoms with Crippen LogP contribution < -0.4 is 10.6 Å². The van der Waals surface area contributed by atoms with Gasteiger partial charge in [-0.3, -0.25) is 0 Å². The smallest absolute Gasteiger partial charge is 0.134 e. The van der Waals surface area contributed by atoms with Gasteiger partial charge >= 0.3 is 0 Å². The SMILES string of the molecule is CCCNc1nc(C)nc(NC2CCC(SC)CC2)c1C. The zero-order valence-electron chi connectivity index (χ0n) is 13.7. The van der Waals surface area contributed by atoms with Crippen molar-refractivity contribution in [1.82, 2.24) is 9.97 Å². The van der Waals surface area contributed by atoms with Gasteiger partial charge in [-0.25, -0.2) is 9.97 Å². The molecule has 1 aliphatic rings.